The Kier molecular flexibility index (Phi) is 2.90. The number of fused-ring (bicyclic) bond motifs is 1. The first-order valence-electron chi connectivity index (χ1n) is 5.95. The fourth-order valence-corrected chi connectivity index (χ4v) is 1.97. The highest BCUT2D eigenvalue weighted by molar-refractivity contribution is 5.90. The monoisotopic (exact) mass is 271 g/mol. The minimum Gasteiger partial charge on any atom is -0.478 e. The number of nitrogens with zero attached hydrogens (tertiary/aromatic N) is 2. The van der Waals surface area contributed by atoms with E-state index < -0.39 is 5.97 Å². The molecule has 0 saturated heterocycles. The molecular formula is C14H10FN3O2. The molecule has 0 fully saturated rings. The molecule has 1 aromatic carbocycles. The summed E-state index contributed by atoms with van der Waals surface area (Å²) in [5.41, 5.74) is 1.54. The number of pyridine rings is 1. The van der Waals surface area contributed by atoms with Gasteiger partial charge >= 0.3 is 5.97 Å². The van der Waals surface area contributed by atoms with Crippen LogP contribution in [0.4, 0.5) is 4.39 Å². The Morgan fingerprint density at radius 2 is 2.15 bits per heavy atom. The second-order valence-electron chi connectivity index (χ2n) is 4.35. The summed E-state index contributed by atoms with van der Waals surface area (Å²) in [4.78, 5) is 22.0. The maximum atomic E-state index is 13.6. The summed E-state index contributed by atoms with van der Waals surface area (Å²) >= 11 is 0. The Balaban J connectivity index is 1.97. The number of halogens is 1. The first kappa shape index (κ1) is 12.3. The summed E-state index contributed by atoms with van der Waals surface area (Å²) in [5.74, 6) is -0.808. The van der Waals surface area contributed by atoms with E-state index in [4.69, 9.17) is 5.11 Å². The van der Waals surface area contributed by atoms with Crippen molar-refractivity contribution in [3.8, 4) is 0 Å². The van der Waals surface area contributed by atoms with E-state index >= 15 is 0 Å². The van der Waals surface area contributed by atoms with Crippen LogP contribution in [0.3, 0.4) is 0 Å². The largest absolute Gasteiger partial charge is 0.478 e. The van der Waals surface area contributed by atoms with Crippen LogP contribution in [0.5, 0.6) is 0 Å². The minimum absolute atomic E-state index is 0.0820. The van der Waals surface area contributed by atoms with Crippen LogP contribution in [0.25, 0.3) is 11.2 Å². The Hall–Kier alpha value is -2.76. The fraction of sp³-hybridized carbons (Fsp3) is 0.0714. The maximum Gasteiger partial charge on any atom is 0.337 e. The van der Waals surface area contributed by atoms with Gasteiger partial charge in [-0.25, -0.2) is 19.2 Å². The summed E-state index contributed by atoms with van der Waals surface area (Å²) in [6.45, 7) is 0. The highest BCUT2D eigenvalue weighted by atomic mass is 19.1. The van der Waals surface area contributed by atoms with Crippen LogP contribution in [0.15, 0.2) is 36.5 Å². The lowest BCUT2D eigenvalue weighted by Gasteiger charge is -1.99. The lowest BCUT2D eigenvalue weighted by atomic mass is 10.1. The van der Waals surface area contributed by atoms with Crippen molar-refractivity contribution in [2.45, 2.75) is 6.42 Å². The molecule has 3 aromatic rings. The number of carboxylic acid groups (broad SMARTS) is 1. The molecule has 2 N–H and O–H groups in total. The maximum absolute atomic E-state index is 13.6. The summed E-state index contributed by atoms with van der Waals surface area (Å²) in [5, 5.41) is 8.90. The second kappa shape index (κ2) is 4.73. The molecule has 0 aliphatic rings. The lowest BCUT2D eigenvalue weighted by molar-refractivity contribution is 0.0696. The van der Waals surface area contributed by atoms with Crippen molar-refractivity contribution in [3.05, 3.63) is 59.3 Å². The fourth-order valence-electron chi connectivity index (χ4n) is 1.97. The van der Waals surface area contributed by atoms with Gasteiger partial charge in [0.1, 0.15) is 11.6 Å². The van der Waals surface area contributed by atoms with Crippen molar-refractivity contribution in [1.82, 2.24) is 15.0 Å². The normalized spacial score (nSPS) is 10.8. The molecule has 0 aliphatic heterocycles. The molecule has 0 amide bonds. The van der Waals surface area contributed by atoms with Crippen molar-refractivity contribution in [2.75, 3.05) is 0 Å². The van der Waals surface area contributed by atoms with Crippen LogP contribution in [0.2, 0.25) is 0 Å². The summed E-state index contributed by atoms with van der Waals surface area (Å²) in [6, 6.07) is 7.90. The van der Waals surface area contributed by atoms with Crippen molar-refractivity contribution in [1.29, 1.82) is 0 Å². The highest BCUT2D eigenvalue weighted by Crippen LogP contribution is 2.15. The molecule has 20 heavy (non-hydrogen) atoms. The number of benzene rings is 1. The van der Waals surface area contributed by atoms with E-state index in [-0.39, 0.29) is 11.4 Å². The van der Waals surface area contributed by atoms with E-state index in [1.54, 1.807) is 18.2 Å². The highest BCUT2D eigenvalue weighted by Gasteiger charge is 2.10. The number of carboxylic acids is 1. The number of carbonyl (C=O) groups is 1. The van der Waals surface area contributed by atoms with Crippen molar-refractivity contribution < 1.29 is 14.3 Å². The van der Waals surface area contributed by atoms with Gasteiger partial charge < -0.3 is 10.1 Å². The zero-order valence-electron chi connectivity index (χ0n) is 10.3. The topological polar surface area (TPSA) is 78.9 Å². The summed E-state index contributed by atoms with van der Waals surface area (Å²) < 4.78 is 13.6. The SMILES string of the molecule is O=C(O)c1cnc2nc(Cc3ccccc3F)[nH]c2c1. The number of aromatic nitrogens is 3. The van der Waals surface area contributed by atoms with Gasteiger partial charge in [-0.2, -0.15) is 0 Å². The number of aromatic amines is 1. The molecule has 0 atom stereocenters. The number of nitrogens with one attached hydrogen (secondary N) is 1. The lowest BCUT2D eigenvalue weighted by Crippen LogP contribution is -1.96. The first-order chi connectivity index (χ1) is 9.63. The van der Waals surface area contributed by atoms with Gasteiger partial charge in [-0.1, -0.05) is 18.2 Å². The van der Waals surface area contributed by atoms with Gasteiger partial charge in [0, 0.05) is 12.6 Å². The number of hydrogen-bond donors (Lipinski definition) is 2. The van der Waals surface area contributed by atoms with Gasteiger partial charge in [0.15, 0.2) is 5.65 Å². The molecule has 0 radical (unpaired) electrons. The van der Waals surface area contributed by atoms with E-state index in [1.165, 1.54) is 18.3 Å². The Morgan fingerprint density at radius 1 is 1.35 bits per heavy atom. The second-order valence-corrected chi connectivity index (χ2v) is 4.35. The van der Waals surface area contributed by atoms with Crippen molar-refractivity contribution in [2.24, 2.45) is 0 Å². The van der Waals surface area contributed by atoms with Crippen LogP contribution in [-0.2, 0) is 6.42 Å². The molecule has 2 aromatic heterocycles. The first-order valence-corrected chi connectivity index (χ1v) is 5.95. The van der Waals surface area contributed by atoms with Crippen LogP contribution in [0, 0.1) is 5.82 Å². The third kappa shape index (κ3) is 2.23. The number of hydrogen-bond acceptors (Lipinski definition) is 3. The average Bonchev–Trinajstić information content (AvgIpc) is 2.82. The molecule has 6 heteroatoms. The number of rotatable bonds is 3. The van der Waals surface area contributed by atoms with Gasteiger partial charge in [-0.05, 0) is 17.7 Å². The van der Waals surface area contributed by atoms with Gasteiger partial charge in [0.05, 0.1) is 11.1 Å². The molecule has 100 valence electrons. The molecule has 0 saturated carbocycles. The Labute approximate surface area is 113 Å². The smallest absolute Gasteiger partial charge is 0.337 e. The molecule has 0 unspecified atom stereocenters. The van der Waals surface area contributed by atoms with Crippen molar-refractivity contribution >= 4 is 17.1 Å². The standard InChI is InChI=1S/C14H10FN3O2/c15-10-4-2-1-3-8(10)6-12-17-11-5-9(14(19)20)7-16-13(11)18-12/h1-5,7H,6H2,(H,19,20)(H,16,17,18). The number of aromatic carboxylic acids is 1. The van der Waals surface area contributed by atoms with E-state index in [0.29, 0.717) is 29.0 Å². The zero-order chi connectivity index (χ0) is 14.1. The van der Waals surface area contributed by atoms with Gasteiger partial charge in [-0.15, -0.1) is 0 Å². The molecule has 3 rings (SSSR count). The number of H-pyrrole nitrogens is 1. The summed E-state index contributed by atoms with van der Waals surface area (Å²) in [6.07, 6.45) is 1.55. The Bertz CT molecular complexity index is 798. The van der Waals surface area contributed by atoms with Gasteiger partial charge in [-0.3, -0.25) is 0 Å². The third-order valence-corrected chi connectivity index (χ3v) is 2.95. The average molecular weight is 271 g/mol. The van der Waals surface area contributed by atoms with E-state index in [9.17, 15) is 9.18 Å². The summed E-state index contributed by atoms with van der Waals surface area (Å²) in [7, 11) is 0. The molecule has 0 spiro atoms. The predicted octanol–water partition coefficient (Wildman–Crippen LogP) is 2.39. The van der Waals surface area contributed by atoms with E-state index in [1.807, 2.05) is 0 Å². The molecule has 2 heterocycles. The molecule has 0 bridgehead atoms. The number of imidazole rings is 1. The van der Waals surface area contributed by atoms with Gasteiger partial charge in [0.2, 0.25) is 0 Å². The van der Waals surface area contributed by atoms with E-state index in [2.05, 4.69) is 15.0 Å². The third-order valence-electron chi connectivity index (χ3n) is 2.95. The van der Waals surface area contributed by atoms with Crippen LogP contribution in [-0.4, -0.2) is 26.0 Å². The van der Waals surface area contributed by atoms with Crippen LogP contribution >= 0.6 is 0 Å². The van der Waals surface area contributed by atoms with Crippen molar-refractivity contribution in [3.63, 3.8) is 0 Å². The van der Waals surface area contributed by atoms with Gasteiger partial charge in [0.25, 0.3) is 0 Å². The molecular weight excluding hydrogens is 261 g/mol. The quantitative estimate of drug-likeness (QED) is 0.766. The van der Waals surface area contributed by atoms with Crippen LogP contribution < -0.4 is 0 Å². The molecule has 0 aliphatic carbocycles. The Morgan fingerprint density at radius 3 is 2.90 bits per heavy atom. The molecule has 5 nitrogen and oxygen atoms in total. The minimum atomic E-state index is -1.05. The van der Waals surface area contributed by atoms with E-state index in [0.717, 1.165) is 0 Å². The zero-order valence-corrected chi connectivity index (χ0v) is 10.3. The van der Waals surface area contributed by atoms with Crippen LogP contribution in [0.1, 0.15) is 21.7 Å². The predicted molar refractivity (Wildman–Crippen MR) is 70.1 cm³/mol.